The number of anilines is 2. The van der Waals surface area contributed by atoms with Gasteiger partial charge in [0.05, 0.1) is 24.1 Å². The van der Waals surface area contributed by atoms with Crippen molar-refractivity contribution in [3.63, 3.8) is 0 Å². The first-order valence-electron chi connectivity index (χ1n) is 7.73. The third-order valence-corrected chi connectivity index (χ3v) is 3.82. The van der Waals surface area contributed by atoms with Crippen molar-refractivity contribution < 1.29 is 22.4 Å². The van der Waals surface area contributed by atoms with E-state index in [1.54, 1.807) is 12.1 Å². The molecule has 9 heteroatoms. The zero-order valence-electron chi connectivity index (χ0n) is 13.7. The molecule has 3 rings (SSSR count). The van der Waals surface area contributed by atoms with Gasteiger partial charge in [-0.2, -0.15) is 13.2 Å². The molecule has 27 heavy (non-hydrogen) atoms. The fourth-order valence-corrected chi connectivity index (χ4v) is 2.49. The molecule has 3 aromatic rings. The zero-order chi connectivity index (χ0) is 19.4. The topological polar surface area (TPSA) is 67.2 Å². The SMILES string of the molecule is O=C(Nc1ccc(Cl)cc1C(F)(F)F)c1ccnc(NCc2ccco2)c1. The lowest BCUT2D eigenvalue weighted by molar-refractivity contribution is -0.136. The molecule has 0 fully saturated rings. The number of halogens is 4. The van der Waals surface area contributed by atoms with Crippen LogP contribution >= 0.6 is 11.6 Å². The molecule has 0 radical (unpaired) electrons. The van der Waals surface area contributed by atoms with Crippen LogP contribution in [0.3, 0.4) is 0 Å². The van der Waals surface area contributed by atoms with Crippen molar-refractivity contribution in [2.75, 3.05) is 10.6 Å². The molecule has 0 unspecified atom stereocenters. The summed E-state index contributed by atoms with van der Waals surface area (Å²) in [6.07, 6.45) is -1.74. The van der Waals surface area contributed by atoms with E-state index in [0.717, 1.165) is 12.1 Å². The van der Waals surface area contributed by atoms with Crippen molar-refractivity contribution in [2.24, 2.45) is 0 Å². The summed E-state index contributed by atoms with van der Waals surface area (Å²) in [5, 5.41) is 5.16. The molecule has 2 N–H and O–H groups in total. The third-order valence-electron chi connectivity index (χ3n) is 3.58. The van der Waals surface area contributed by atoms with Crippen LogP contribution in [0.15, 0.2) is 59.3 Å². The molecule has 0 saturated heterocycles. The maximum Gasteiger partial charge on any atom is 0.418 e. The number of rotatable bonds is 5. The van der Waals surface area contributed by atoms with Crippen molar-refractivity contribution in [3.8, 4) is 0 Å². The number of carbonyl (C=O) groups is 1. The number of hydrogen-bond acceptors (Lipinski definition) is 4. The van der Waals surface area contributed by atoms with E-state index in [2.05, 4.69) is 15.6 Å². The smallest absolute Gasteiger partial charge is 0.418 e. The average Bonchev–Trinajstić information content (AvgIpc) is 3.14. The number of pyridine rings is 1. The van der Waals surface area contributed by atoms with Gasteiger partial charge in [-0.05, 0) is 42.5 Å². The van der Waals surface area contributed by atoms with E-state index in [1.807, 2.05) is 0 Å². The van der Waals surface area contributed by atoms with Crippen LogP contribution < -0.4 is 10.6 Å². The van der Waals surface area contributed by atoms with Crippen LogP contribution in [0.2, 0.25) is 5.02 Å². The fraction of sp³-hybridized carbons (Fsp3) is 0.111. The van der Waals surface area contributed by atoms with Gasteiger partial charge in [-0.25, -0.2) is 4.98 Å². The van der Waals surface area contributed by atoms with Gasteiger partial charge in [0.25, 0.3) is 5.91 Å². The molecule has 0 aliphatic rings. The Morgan fingerprint density at radius 1 is 1.19 bits per heavy atom. The van der Waals surface area contributed by atoms with Crippen LogP contribution in [0, 0.1) is 0 Å². The van der Waals surface area contributed by atoms with E-state index < -0.39 is 17.6 Å². The molecule has 2 heterocycles. The van der Waals surface area contributed by atoms with Gasteiger partial charge in [0, 0.05) is 16.8 Å². The summed E-state index contributed by atoms with van der Waals surface area (Å²) in [6.45, 7) is 0.348. The maximum atomic E-state index is 13.1. The van der Waals surface area contributed by atoms with E-state index in [1.165, 1.54) is 30.7 Å². The first-order valence-corrected chi connectivity index (χ1v) is 8.11. The largest absolute Gasteiger partial charge is 0.467 e. The summed E-state index contributed by atoms with van der Waals surface area (Å²) in [7, 11) is 0. The minimum absolute atomic E-state index is 0.0753. The monoisotopic (exact) mass is 395 g/mol. The molecular formula is C18H13ClF3N3O2. The predicted molar refractivity (Wildman–Crippen MR) is 94.7 cm³/mol. The van der Waals surface area contributed by atoms with E-state index in [0.29, 0.717) is 18.1 Å². The number of hydrogen-bond donors (Lipinski definition) is 2. The van der Waals surface area contributed by atoms with Crippen LogP contribution in [0.1, 0.15) is 21.7 Å². The van der Waals surface area contributed by atoms with E-state index in [4.69, 9.17) is 16.0 Å². The molecule has 1 aromatic carbocycles. The average molecular weight is 396 g/mol. The quantitative estimate of drug-likeness (QED) is 0.622. The Morgan fingerprint density at radius 3 is 2.70 bits per heavy atom. The highest BCUT2D eigenvalue weighted by Gasteiger charge is 2.34. The molecule has 1 amide bonds. The molecule has 5 nitrogen and oxygen atoms in total. The number of alkyl halides is 3. The Balaban J connectivity index is 1.76. The van der Waals surface area contributed by atoms with Crippen molar-refractivity contribution in [2.45, 2.75) is 12.7 Å². The van der Waals surface area contributed by atoms with Gasteiger partial charge in [-0.15, -0.1) is 0 Å². The second-order valence-corrected chi connectivity index (χ2v) is 5.94. The van der Waals surface area contributed by atoms with Crippen LogP contribution in [0.4, 0.5) is 24.7 Å². The van der Waals surface area contributed by atoms with Crippen molar-refractivity contribution in [1.82, 2.24) is 4.98 Å². The molecule has 0 spiro atoms. The number of amides is 1. The van der Waals surface area contributed by atoms with Crippen LogP contribution in [-0.2, 0) is 12.7 Å². The third kappa shape index (κ3) is 4.79. The Bertz CT molecular complexity index is 943. The molecule has 0 atom stereocenters. The van der Waals surface area contributed by atoms with Gasteiger partial charge in [-0.1, -0.05) is 11.6 Å². The second-order valence-electron chi connectivity index (χ2n) is 5.50. The van der Waals surface area contributed by atoms with E-state index >= 15 is 0 Å². The van der Waals surface area contributed by atoms with Crippen molar-refractivity contribution >= 4 is 29.0 Å². The Labute approximate surface area is 157 Å². The Morgan fingerprint density at radius 2 is 2.00 bits per heavy atom. The van der Waals surface area contributed by atoms with Crippen molar-refractivity contribution in [1.29, 1.82) is 0 Å². The van der Waals surface area contributed by atoms with Gasteiger partial charge >= 0.3 is 6.18 Å². The summed E-state index contributed by atoms with van der Waals surface area (Å²) in [5.74, 6) is 0.347. The van der Waals surface area contributed by atoms with Gasteiger partial charge in [-0.3, -0.25) is 4.79 Å². The van der Waals surface area contributed by atoms with Gasteiger partial charge in [0.15, 0.2) is 0 Å². The van der Waals surface area contributed by atoms with Crippen LogP contribution in [0.5, 0.6) is 0 Å². The number of nitrogens with one attached hydrogen (secondary N) is 2. The summed E-state index contributed by atoms with van der Waals surface area (Å²) >= 11 is 5.64. The Hall–Kier alpha value is -3.00. The van der Waals surface area contributed by atoms with Gasteiger partial charge in [0.1, 0.15) is 11.6 Å². The number of carbonyl (C=O) groups excluding carboxylic acids is 1. The first-order chi connectivity index (χ1) is 12.8. The number of aromatic nitrogens is 1. The highest BCUT2D eigenvalue weighted by Crippen LogP contribution is 2.36. The predicted octanol–water partition coefficient (Wildman–Crippen LogP) is 5.21. The lowest BCUT2D eigenvalue weighted by atomic mass is 10.1. The lowest BCUT2D eigenvalue weighted by Crippen LogP contribution is -2.17. The minimum atomic E-state index is -4.65. The molecule has 0 aliphatic heterocycles. The molecule has 0 saturated carbocycles. The Kier molecular flexibility index (Phi) is 5.36. The molecule has 2 aromatic heterocycles. The standard InChI is InChI=1S/C18H13ClF3N3O2/c19-12-3-4-15(14(9-12)18(20,21)22)25-17(26)11-5-6-23-16(8-11)24-10-13-2-1-7-27-13/h1-9H,10H2,(H,23,24)(H,25,26). The summed E-state index contributed by atoms with van der Waals surface area (Å²) in [5.41, 5.74) is -1.25. The van der Waals surface area contributed by atoms with E-state index in [9.17, 15) is 18.0 Å². The van der Waals surface area contributed by atoms with Crippen LogP contribution in [-0.4, -0.2) is 10.9 Å². The number of nitrogens with zero attached hydrogens (tertiary/aromatic N) is 1. The normalized spacial score (nSPS) is 11.3. The van der Waals surface area contributed by atoms with Gasteiger partial charge < -0.3 is 15.1 Å². The molecule has 0 aliphatic carbocycles. The first kappa shape index (κ1) is 18.8. The van der Waals surface area contributed by atoms with E-state index in [-0.39, 0.29) is 16.3 Å². The molecular weight excluding hydrogens is 383 g/mol. The highest BCUT2D eigenvalue weighted by atomic mass is 35.5. The molecule has 140 valence electrons. The number of furan rings is 1. The van der Waals surface area contributed by atoms with Crippen molar-refractivity contribution in [3.05, 3.63) is 76.8 Å². The number of benzene rings is 1. The summed E-state index contributed by atoms with van der Waals surface area (Å²) in [4.78, 5) is 16.4. The highest BCUT2D eigenvalue weighted by molar-refractivity contribution is 6.30. The lowest BCUT2D eigenvalue weighted by Gasteiger charge is -2.14. The van der Waals surface area contributed by atoms with Crippen LogP contribution in [0.25, 0.3) is 0 Å². The minimum Gasteiger partial charge on any atom is -0.467 e. The molecule has 0 bridgehead atoms. The summed E-state index contributed by atoms with van der Waals surface area (Å²) in [6, 6.07) is 9.48. The maximum absolute atomic E-state index is 13.1. The fourth-order valence-electron chi connectivity index (χ4n) is 2.31. The summed E-state index contributed by atoms with van der Waals surface area (Å²) < 4.78 is 44.6. The zero-order valence-corrected chi connectivity index (χ0v) is 14.4. The second kappa shape index (κ2) is 7.71. The van der Waals surface area contributed by atoms with Gasteiger partial charge in [0.2, 0.25) is 0 Å².